The van der Waals surface area contributed by atoms with E-state index >= 15 is 0 Å². The molecule has 1 aliphatic carbocycles. The van der Waals surface area contributed by atoms with Crippen molar-refractivity contribution >= 4 is 0 Å². The van der Waals surface area contributed by atoms with Gasteiger partial charge < -0.3 is 9.47 Å². The van der Waals surface area contributed by atoms with Crippen LogP contribution in [0.2, 0.25) is 0 Å². The minimum absolute atomic E-state index is 0.0313. The lowest BCUT2D eigenvalue weighted by Gasteiger charge is -2.26. The molecule has 0 bridgehead atoms. The quantitative estimate of drug-likeness (QED) is 0.463. The predicted octanol–water partition coefficient (Wildman–Crippen LogP) is 5.51. The first-order valence-electron chi connectivity index (χ1n) is 8.51. The Morgan fingerprint density at radius 2 is 1.70 bits per heavy atom. The summed E-state index contributed by atoms with van der Waals surface area (Å²) in [5, 5.41) is 0. The van der Waals surface area contributed by atoms with Crippen molar-refractivity contribution in [1.29, 1.82) is 0 Å². The van der Waals surface area contributed by atoms with E-state index in [1.807, 2.05) is 13.0 Å². The minimum atomic E-state index is -0.964. The van der Waals surface area contributed by atoms with E-state index in [4.69, 9.17) is 9.47 Å². The number of hydrogen-bond donors (Lipinski definition) is 0. The van der Waals surface area contributed by atoms with Crippen LogP contribution in [-0.4, -0.2) is 13.2 Å². The molecule has 0 aromatic heterocycles. The molecule has 0 N–H and O–H groups in total. The molecule has 4 heteroatoms. The van der Waals surface area contributed by atoms with Gasteiger partial charge in [-0.15, -0.1) is 6.58 Å². The van der Waals surface area contributed by atoms with Crippen LogP contribution < -0.4 is 9.47 Å². The van der Waals surface area contributed by atoms with Crippen LogP contribution in [0, 0.1) is 23.5 Å². The summed E-state index contributed by atoms with van der Waals surface area (Å²) in [7, 11) is 0. The van der Waals surface area contributed by atoms with Crippen molar-refractivity contribution in [2.24, 2.45) is 11.8 Å². The molecule has 23 heavy (non-hydrogen) atoms. The minimum Gasteiger partial charge on any atom is -0.490 e. The third-order valence-corrected chi connectivity index (χ3v) is 4.47. The second-order valence-electron chi connectivity index (χ2n) is 6.22. The van der Waals surface area contributed by atoms with Crippen LogP contribution in [-0.2, 0) is 0 Å². The second-order valence-corrected chi connectivity index (χ2v) is 6.22. The molecule has 128 valence electrons. The van der Waals surface area contributed by atoms with Crippen LogP contribution in [0.5, 0.6) is 11.5 Å². The maximum atomic E-state index is 14.0. The molecule has 0 aliphatic heterocycles. The van der Waals surface area contributed by atoms with Gasteiger partial charge in [0.2, 0.25) is 11.6 Å². The summed E-state index contributed by atoms with van der Waals surface area (Å²) in [6.45, 7) is 6.65. The molecule has 0 saturated heterocycles. The van der Waals surface area contributed by atoms with E-state index < -0.39 is 11.6 Å². The third kappa shape index (κ3) is 4.95. The maximum absolute atomic E-state index is 14.0. The highest BCUT2D eigenvalue weighted by atomic mass is 19.2. The van der Waals surface area contributed by atoms with Crippen LogP contribution >= 0.6 is 0 Å². The molecule has 0 atom stereocenters. The van der Waals surface area contributed by atoms with Crippen molar-refractivity contribution in [3.8, 4) is 11.5 Å². The summed E-state index contributed by atoms with van der Waals surface area (Å²) in [5.74, 6) is -1.02. The Morgan fingerprint density at radius 3 is 2.26 bits per heavy atom. The highest BCUT2D eigenvalue weighted by Crippen LogP contribution is 2.32. The van der Waals surface area contributed by atoms with Gasteiger partial charge in [-0.05, 0) is 56.1 Å². The summed E-state index contributed by atoms with van der Waals surface area (Å²) in [5.41, 5.74) is 0. The average molecular weight is 324 g/mol. The van der Waals surface area contributed by atoms with Gasteiger partial charge in [0.1, 0.15) is 0 Å². The van der Waals surface area contributed by atoms with Crippen LogP contribution in [0.25, 0.3) is 0 Å². The molecule has 0 heterocycles. The first-order chi connectivity index (χ1) is 11.2. The first-order valence-corrected chi connectivity index (χ1v) is 8.51. The lowest BCUT2D eigenvalue weighted by molar-refractivity contribution is 0.187. The summed E-state index contributed by atoms with van der Waals surface area (Å²) < 4.78 is 38.8. The lowest BCUT2D eigenvalue weighted by Crippen LogP contribution is -2.19. The molecule has 0 radical (unpaired) electrons. The number of allylic oxidation sites excluding steroid dienone is 1. The van der Waals surface area contributed by atoms with Crippen molar-refractivity contribution in [3.63, 3.8) is 0 Å². The molecular formula is C19H26F2O2. The standard InChI is InChI=1S/C19H26F2O2/c1-3-5-12-22-16-10-11-17(19(21)18(16)20)23-13-15-8-6-14(4-2)7-9-15/h4,10-11,14-15H,2-3,5-9,12-13H2,1H3. The molecule has 1 fully saturated rings. The summed E-state index contributed by atoms with van der Waals surface area (Å²) in [4.78, 5) is 0. The number of hydrogen-bond acceptors (Lipinski definition) is 2. The zero-order valence-electron chi connectivity index (χ0n) is 13.8. The number of rotatable bonds is 8. The Hall–Kier alpha value is -1.58. The molecule has 0 unspecified atom stereocenters. The van der Waals surface area contributed by atoms with Crippen molar-refractivity contribution in [2.75, 3.05) is 13.2 Å². The molecule has 2 nitrogen and oxygen atoms in total. The van der Waals surface area contributed by atoms with E-state index in [1.165, 1.54) is 12.1 Å². The highest BCUT2D eigenvalue weighted by molar-refractivity contribution is 5.35. The van der Waals surface area contributed by atoms with Crippen LogP contribution in [0.15, 0.2) is 24.8 Å². The largest absolute Gasteiger partial charge is 0.490 e. The van der Waals surface area contributed by atoms with E-state index in [0.29, 0.717) is 25.0 Å². The SMILES string of the molecule is C=CC1CCC(COc2ccc(OCCCC)c(F)c2F)CC1. The number of unbranched alkanes of at least 4 members (excludes halogenated alkanes) is 1. The van der Waals surface area contributed by atoms with E-state index in [1.54, 1.807) is 0 Å². The number of ether oxygens (including phenoxy) is 2. The van der Waals surface area contributed by atoms with Crippen LogP contribution in [0.1, 0.15) is 45.4 Å². The first kappa shape index (κ1) is 17.8. The Bertz CT molecular complexity index is 508. The fraction of sp³-hybridized carbons (Fsp3) is 0.579. The predicted molar refractivity (Wildman–Crippen MR) is 87.9 cm³/mol. The summed E-state index contributed by atoms with van der Waals surface area (Å²) in [6, 6.07) is 2.90. The summed E-state index contributed by atoms with van der Waals surface area (Å²) in [6.07, 6.45) is 8.03. The van der Waals surface area contributed by atoms with Gasteiger partial charge in [0, 0.05) is 0 Å². The smallest absolute Gasteiger partial charge is 0.204 e. The highest BCUT2D eigenvalue weighted by Gasteiger charge is 2.21. The molecule has 2 rings (SSSR count). The van der Waals surface area contributed by atoms with Gasteiger partial charge in [-0.1, -0.05) is 19.4 Å². The van der Waals surface area contributed by atoms with Crippen molar-refractivity contribution in [3.05, 3.63) is 36.4 Å². The van der Waals surface area contributed by atoms with Crippen molar-refractivity contribution in [2.45, 2.75) is 45.4 Å². The molecule has 0 spiro atoms. The number of halogens is 2. The zero-order valence-corrected chi connectivity index (χ0v) is 13.8. The molecule has 1 saturated carbocycles. The average Bonchev–Trinajstić information content (AvgIpc) is 2.58. The van der Waals surface area contributed by atoms with Crippen molar-refractivity contribution in [1.82, 2.24) is 0 Å². The summed E-state index contributed by atoms with van der Waals surface area (Å²) >= 11 is 0. The lowest BCUT2D eigenvalue weighted by atomic mass is 9.82. The van der Waals surface area contributed by atoms with Gasteiger partial charge >= 0.3 is 0 Å². The van der Waals surface area contributed by atoms with Gasteiger partial charge in [-0.25, -0.2) is 0 Å². The Balaban J connectivity index is 1.88. The van der Waals surface area contributed by atoms with Gasteiger partial charge in [0.15, 0.2) is 11.5 Å². The third-order valence-electron chi connectivity index (χ3n) is 4.47. The normalized spacial score (nSPS) is 21.0. The van der Waals surface area contributed by atoms with Gasteiger partial charge in [-0.3, -0.25) is 0 Å². The second kappa shape index (κ2) is 8.90. The Labute approximate surface area is 137 Å². The topological polar surface area (TPSA) is 18.5 Å². The van der Waals surface area contributed by atoms with Crippen LogP contribution in [0.4, 0.5) is 8.78 Å². The van der Waals surface area contributed by atoms with E-state index in [-0.39, 0.29) is 11.5 Å². The Morgan fingerprint density at radius 1 is 1.09 bits per heavy atom. The van der Waals surface area contributed by atoms with Gasteiger partial charge in [0.05, 0.1) is 13.2 Å². The van der Waals surface area contributed by atoms with Crippen LogP contribution in [0.3, 0.4) is 0 Å². The fourth-order valence-electron chi connectivity index (χ4n) is 2.86. The molecule has 1 aromatic carbocycles. The van der Waals surface area contributed by atoms with E-state index in [9.17, 15) is 8.78 Å². The molecule has 1 aliphatic rings. The molecule has 1 aromatic rings. The fourth-order valence-corrected chi connectivity index (χ4v) is 2.86. The number of benzene rings is 1. The Kier molecular flexibility index (Phi) is 6.87. The van der Waals surface area contributed by atoms with E-state index in [2.05, 4.69) is 6.58 Å². The monoisotopic (exact) mass is 324 g/mol. The van der Waals surface area contributed by atoms with Gasteiger partial charge in [0.25, 0.3) is 0 Å². The van der Waals surface area contributed by atoms with Gasteiger partial charge in [-0.2, -0.15) is 8.78 Å². The molecule has 0 amide bonds. The van der Waals surface area contributed by atoms with E-state index in [0.717, 1.165) is 38.5 Å². The maximum Gasteiger partial charge on any atom is 0.204 e. The van der Waals surface area contributed by atoms with Crippen molar-refractivity contribution < 1.29 is 18.3 Å². The molecular weight excluding hydrogens is 298 g/mol. The zero-order chi connectivity index (χ0) is 16.7.